The highest BCUT2D eigenvalue weighted by atomic mass is 32.2. The minimum absolute atomic E-state index is 0.0757. The minimum Gasteiger partial charge on any atom is -0.350 e. The van der Waals surface area contributed by atoms with Crippen molar-refractivity contribution in [3.63, 3.8) is 0 Å². The number of thioether (sulfide) groups is 1. The van der Waals surface area contributed by atoms with E-state index in [1.807, 2.05) is 40.4 Å². The molecule has 4 aromatic rings. The second-order valence-electron chi connectivity index (χ2n) is 5.71. The van der Waals surface area contributed by atoms with Gasteiger partial charge in [0.1, 0.15) is 4.83 Å². The summed E-state index contributed by atoms with van der Waals surface area (Å²) < 4.78 is 1.53. The Morgan fingerprint density at radius 3 is 2.78 bits per heavy atom. The van der Waals surface area contributed by atoms with Crippen LogP contribution in [0.4, 0.5) is 0 Å². The molecule has 0 saturated carbocycles. The number of amides is 1. The molecular weight excluding hydrogens is 418 g/mol. The molecule has 4 rings (SSSR count). The van der Waals surface area contributed by atoms with E-state index in [4.69, 9.17) is 0 Å². The van der Waals surface area contributed by atoms with E-state index in [9.17, 15) is 9.59 Å². The molecule has 0 atom stereocenters. The second-order valence-corrected chi connectivity index (χ2v) is 9.49. The van der Waals surface area contributed by atoms with Crippen molar-refractivity contribution in [1.29, 1.82) is 0 Å². The number of carbonyl (C=O) groups is 1. The van der Waals surface area contributed by atoms with Gasteiger partial charge in [0, 0.05) is 27.7 Å². The Morgan fingerprint density at radius 1 is 1.22 bits per heavy atom. The van der Waals surface area contributed by atoms with Gasteiger partial charge < -0.3 is 5.32 Å². The van der Waals surface area contributed by atoms with Gasteiger partial charge in [-0.15, -0.1) is 34.0 Å². The van der Waals surface area contributed by atoms with Crippen molar-refractivity contribution in [2.24, 2.45) is 7.05 Å². The molecule has 0 spiro atoms. The van der Waals surface area contributed by atoms with Crippen LogP contribution in [0.2, 0.25) is 0 Å². The van der Waals surface area contributed by atoms with Gasteiger partial charge >= 0.3 is 0 Å². The summed E-state index contributed by atoms with van der Waals surface area (Å²) in [5.41, 5.74) is 0.856. The molecule has 138 valence electrons. The quantitative estimate of drug-likeness (QED) is 0.366. The van der Waals surface area contributed by atoms with Crippen LogP contribution in [0.25, 0.3) is 20.7 Å². The van der Waals surface area contributed by atoms with Crippen LogP contribution in [0, 0.1) is 0 Å². The predicted molar refractivity (Wildman–Crippen MR) is 115 cm³/mol. The van der Waals surface area contributed by atoms with E-state index in [-0.39, 0.29) is 17.2 Å². The van der Waals surface area contributed by atoms with E-state index in [2.05, 4.69) is 10.3 Å². The minimum atomic E-state index is -0.0776. The van der Waals surface area contributed by atoms with Gasteiger partial charge in [0.15, 0.2) is 5.16 Å². The van der Waals surface area contributed by atoms with Crippen LogP contribution >= 0.6 is 45.8 Å². The zero-order valence-corrected chi connectivity index (χ0v) is 17.6. The van der Waals surface area contributed by atoms with Gasteiger partial charge in [-0.1, -0.05) is 23.9 Å². The van der Waals surface area contributed by atoms with Crippen LogP contribution < -0.4 is 10.9 Å². The molecule has 0 unspecified atom stereocenters. The highest BCUT2D eigenvalue weighted by Gasteiger charge is 2.17. The Hall–Kier alpha value is -1.94. The average Bonchev–Trinajstić information content (AvgIpc) is 3.42. The number of carbonyl (C=O) groups excluding carboxylic acids is 1. The van der Waals surface area contributed by atoms with E-state index < -0.39 is 0 Å². The fourth-order valence-electron chi connectivity index (χ4n) is 2.58. The van der Waals surface area contributed by atoms with E-state index in [0.29, 0.717) is 21.9 Å². The number of hydrogen-bond acceptors (Lipinski definition) is 7. The van der Waals surface area contributed by atoms with E-state index in [1.165, 1.54) is 27.7 Å². The SMILES string of the molecule is Cn1c(SCC(=O)NCc2cccs2)nc2scc(-c3cccs3)c2c1=O. The average molecular weight is 434 g/mol. The van der Waals surface area contributed by atoms with Gasteiger partial charge in [-0.2, -0.15) is 0 Å². The van der Waals surface area contributed by atoms with Gasteiger partial charge in [0.05, 0.1) is 17.7 Å². The Kier molecular flexibility index (Phi) is 5.44. The van der Waals surface area contributed by atoms with Crippen molar-refractivity contribution in [3.8, 4) is 10.4 Å². The summed E-state index contributed by atoms with van der Waals surface area (Å²) >= 11 is 5.96. The highest BCUT2D eigenvalue weighted by molar-refractivity contribution is 7.99. The number of nitrogens with one attached hydrogen (secondary N) is 1. The summed E-state index contributed by atoms with van der Waals surface area (Å²) in [6.07, 6.45) is 0. The van der Waals surface area contributed by atoms with Gasteiger partial charge in [-0.25, -0.2) is 4.98 Å². The Balaban J connectivity index is 1.52. The van der Waals surface area contributed by atoms with Crippen molar-refractivity contribution in [3.05, 3.63) is 55.6 Å². The topological polar surface area (TPSA) is 64.0 Å². The third-order valence-electron chi connectivity index (χ3n) is 3.93. The largest absolute Gasteiger partial charge is 0.350 e. The number of rotatable bonds is 6. The summed E-state index contributed by atoms with van der Waals surface area (Å²) in [4.78, 5) is 32.5. The molecule has 0 aliphatic rings. The summed E-state index contributed by atoms with van der Waals surface area (Å²) in [6.45, 7) is 0.525. The second kappa shape index (κ2) is 7.97. The van der Waals surface area contributed by atoms with Crippen LogP contribution in [-0.4, -0.2) is 21.2 Å². The van der Waals surface area contributed by atoms with Crippen molar-refractivity contribution >= 4 is 61.9 Å². The van der Waals surface area contributed by atoms with Crippen molar-refractivity contribution in [1.82, 2.24) is 14.9 Å². The molecule has 4 heterocycles. The Morgan fingerprint density at radius 2 is 2.04 bits per heavy atom. The molecule has 0 saturated heterocycles. The number of hydrogen-bond donors (Lipinski definition) is 1. The molecule has 5 nitrogen and oxygen atoms in total. The molecule has 4 aromatic heterocycles. The van der Waals surface area contributed by atoms with Gasteiger partial charge in [-0.05, 0) is 22.9 Å². The van der Waals surface area contributed by atoms with Crippen LogP contribution in [0.1, 0.15) is 4.88 Å². The van der Waals surface area contributed by atoms with Gasteiger partial charge in [0.25, 0.3) is 5.56 Å². The molecule has 1 amide bonds. The van der Waals surface area contributed by atoms with Crippen LogP contribution in [-0.2, 0) is 18.4 Å². The first-order valence-electron chi connectivity index (χ1n) is 8.07. The first kappa shape index (κ1) is 18.4. The van der Waals surface area contributed by atoms with Gasteiger partial charge in [-0.3, -0.25) is 14.2 Å². The number of aromatic nitrogens is 2. The number of nitrogens with zero attached hydrogens (tertiary/aromatic N) is 2. The molecule has 27 heavy (non-hydrogen) atoms. The predicted octanol–water partition coefficient (Wildman–Crippen LogP) is 4.19. The monoisotopic (exact) mass is 433 g/mol. The molecular formula is C18H15N3O2S4. The summed E-state index contributed by atoms with van der Waals surface area (Å²) in [7, 11) is 1.70. The third-order valence-corrected chi connectivity index (χ3v) is 7.61. The lowest BCUT2D eigenvalue weighted by molar-refractivity contribution is -0.118. The molecule has 9 heteroatoms. The number of thiophene rings is 3. The highest BCUT2D eigenvalue weighted by Crippen LogP contribution is 2.34. The molecule has 0 bridgehead atoms. The molecule has 0 radical (unpaired) electrons. The molecule has 0 fully saturated rings. The summed E-state index contributed by atoms with van der Waals surface area (Å²) in [6, 6.07) is 7.92. The van der Waals surface area contributed by atoms with Crippen molar-refractivity contribution < 1.29 is 4.79 Å². The fraction of sp³-hybridized carbons (Fsp3) is 0.167. The lowest BCUT2D eigenvalue weighted by Crippen LogP contribution is -2.25. The lowest BCUT2D eigenvalue weighted by atomic mass is 10.2. The van der Waals surface area contributed by atoms with Gasteiger partial charge in [0.2, 0.25) is 5.91 Å². The van der Waals surface area contributed by atoms with Crippen LogP contribution in [0.15, 0.2) is 50.4 Å². The molecule has 1 N–H and O–H groups in total. The summed E-state index contributed by atoms with van der Waals surface area (Å²) in [5.74, 6) is 0.147. The van der Waals surface area contributed by atoms with E-state index in [0.717, 1.165) is 15.3 Å². The third kappa shape index (κ3) is 3.86. The molecule has 0 aliphatic carbocycles. The number of fused-ring (bicyclic) bond motifs is 1. The molecule has 0 aromatic carbocycles. The van der Waals surface area contributed by atoms with Crippen molar-refractivity contribution in [2.75, 3.05) is 5.75 Å². The maximum absolute atomic E-state index is 12.9. The normalized spacial score (nSPS) is 11.1. The van der Waals surface area contributed by atoms with Crippen LogP contribution in [0.3, 0.4) is 0 Å². The zero-order chi connectivity index (χ0) is 18.8. The van der Waals surface area contributed by atoms with Crippen LogP contribution in [0.5, 0.6) is 0 Å². The maximum atomic E-state index is 12.9. The summed E-state index contributed by atoms with van der Waals surface area (Å²) in [5, 5.41) is 10.1. The smallest absolute Gasteiger partial charge is 0.263 e. The standard InChI is InChI=1S/C18H15N3O2S4/c1-21-17(23)15-12(13-5-3-7-25-13)9-26-16(15)20-18(21)27-10-14(22)19-8-11-4-2-6-24-11/h2-7,9H,8,10H2,1H3,(H,19,22). The maximum Gasteiger partial charge on any atom is 0.263 e. The van der Waals surface area contributed by atoms with E-state index >= 15 is 0 Å². The van der Waals surface area contributed by atoms with Crippen molar-refractivity contribution in [2.45, 2.75) is 11.7 Å². The first-order valence-corrected chi connectivity index (χ1v) is 11.7. The zero-order valence-electron chi connectivity index (χ0n) is 14.3. The Bertz CT molecular complexity index is 1130. The van der Waals surface area contributed by atoms with E-state index in [1.54, 1.807) is 29.7 Å². The lowest BCUT2D eigenvalue weighted by Gasteiger charge is -2.08. The molecule has 0 aliphatic heterocycles. The Labute approximate surface area is 171 Å². The fourth-order valence-corrected chi connectivity index (χ4v) is 5.82. The first-order chi connectivity index (χ1) is 13.1.